The molecule has 2 N–H and O–H groups in total. The minimum absolute atomic E-state index is 0.0935. The molecule has 0 spiro atoms. The highest BCUT2D eigenvalue weighted by atomic mass is 16.2. The van der Waals surface area contributed by atoms with Gasteiger partial charge in [0.05, 0.1) is 5.69 Å². The van der Waals surface area contributed by atoms with E-state index < -0.39 is 0 Å². The zero-order valence-corrected chi connectivity index (χ0v) is 11.2. The van der Waals surface area contributed by atoms with Crippen LogP contribution in [0.25, 0.3) is 0 Å². The summed E-state index contributed by atoms with van der Waals surface area (Å²) < 4.78 is 1.80. The van der Waals surface area contributed by atoms with E-state index in [2.05, 4.69) is 12.0 Å². The maximum Gasteiger partial charge on any atom is 0.272 e. The number of aromatic nitrogens is 2. The van der Waals surface area contributed by atoms with Gasteiger partial charge in [-0.05, 0) is 32.3 Å². The predicted molar refractivity (Wildman–Crippen MR) is 70.4 cm³/mol. The molecular weight excluding hydrogens is 228 g/mol. The number of aryl methyl sites for hydroxylation is 2. The summed E-state index contributed by atoms with van der Waals surface area (Å²) in [6, 6.07) is 2.16. The molecule has 0 bridgehead atoms. The van der Waals surface area contributed by atoms with Gasteiger partial charge in [-0.2, -0.15) is 5.10 Å². The Balaban J connectivity index is 2.15. The van der Waals surface area contributed by atoms with Crippen LogP contribution in [0.1, 0.15) is 42.9 Å². The molecule has 1 aliphatic rings. The third-order valence-electron chi connectivity index (χ3n) is 3.54. The lowest BCUT2D eigenvalue weighted by molar-refractivity contribution is 0.0702. The first kappa shape index (κ1) is 13.1. The highest BCUT2D eigenvalue weighted by Crippen LogP contribution is 2.14. The first-order valence-corrected chi connectivity index (χ1v) is 6.77. The van der Waals surface area contributed by atoms with E-state index in [1.807, 2.05) is 17.9 Å². The quantitative estimate of drug-likeness (QED) is 0.871. The molecule has 0 atom stereocenters. The number of likely N-dealkylation sites (tertiary alicyclic amines) is 1. The third-order valence-corrected chi connectivity index (χ3v) is 3.54. The van der Waals surface area contributed by atoms with Crippen LogP contribution < -0.4 is 5.73 Å². The summed E-state index contributed by atoms with van der Waals surface area (Å²) in [6.07, 6.45) is 2.65. The van der Waals surface area contributed by atoms with Gasteiger partial charge in [0.1, 0.15) is 5.69 Å². The molecule has 0 radical (unpaired) electrons. The van der Waals surface area contributed by atoms with Crippen LogP contribution in [-0.4, -0.2) is 39.7 Å². The van der Waals surface area contributed by atoms with Crippen molar-refractivity contribution in [2.24, 2.45) is 5.73 Å². The number of amides is 1. The van der Waals surface area contributed by atoms with E-state index in [9.17, 15) is 4.79 Å². The van der Waals surface area contributed by atoms with Crippen molar-refractivity contribution in [1.29, 1.82) is 0 Å². The summed E-state index contributed by atoms with van der Waals surface area (Å²) >= 11 is 0. The summed E-state index contributed by atoms with van der Waals surface area (Å²) in [5.41, 5.74) is 7.56. The standard InChI is InChI=1S/C13H22N4O/c1-3-11-9-12(17(4-2)15-11)13(18)16-7-5-10(14)6-8-16/h9-10H,3-8,14H2,1-2H3. The van der Waals surface area contributed by atoms with Gasteiger partial charge in [-0.3, -0.25) is 9.48 Å². The lowest BCUT2D eigenvalue weighted by atomic mass is 10.1. The van der Waals surface area contributed by atoms with E-state index >= 15 is 0 Å². The molecule has 1 aromatic rings. The lowest BCUT2D eigenvalue weighted by Gasteiger charge is -2.30. The normalized spacial score (nSPS) is 17.2. The van der Waals surface area contributed by atoms with Gasteiger partial charge in [-0.25, -0.2) is 0 Å². The summed E-state index contributed by atoms with van der Waals surface area (Å²) in [5.74, 6) is 0.0935. The van der Waals surface area contributed by atoms with E-state index in [1.54, 1.807) is 4.68 Å². The van der Waals surface area contributed by atoms with Crippen molar-refractivity contribution in [1.82, 2.24) is 14.7 Å². The van der Waals surface area contributed by atoms with Crippen LogP contribution in [0, 0.1) is 0 Å². The Labute approximate surface area is 108 Å². The largest absolute Gasteiger partial charge is 0.337 e. The Morgan fingerprint density at radius 2 is 2.11 bits per heavy atom. The van der Waals surface area contributed by atoms with Crippen molar-refractivity contribution in [3.8, 4) is 0 Å². The van der Waals surface area contributed by atoms with Crippen LogP contribution in [0.15, 0.2) is 6.07 Å². The van der Waals surface area contributed by atoms with Gasteiger partial charge in [0.25, 0.3) is 5.91 Å². The van der Waals surface area contributed by atoms with Crippen LogP contribution in [0.4, 0.5) is 0 Å². The maximum absolute atomic E-state index is 12.4. The van der Waals surface area contributed by atoms with Crippen molar-refractivity contribution >= 4 is 5.91 Å². The number of nitrogens with two attached hydrogens (primary N) is 1. The second kappa shape index (κ2) is 5.52. The number of piperidine rings is 1. The van der Waals surface area contributed by atoms with Gasteiger partial charge in [0, 0.05) is 25.7 Å². The number of rotatable bonds is 3. The van der Waals surface area contributed by atoms with E-state index in [0.29, 0.717) is 5.69 Å². The molecule has 1 fully saturated rings. The van der Waals surface area contributed by atoms with Crippen molar-refractivity contribution in [2.75, 3.05) is 13.1 Å². The van der Waals surface area contributed by atoms with Crippen molar-refractivity contribution in [3.63, 3.8) is 0 Å². The monoisotopic (exact) mass is 250 g/mol. The SMILES string of the molecule is CCc1cc(C(=O)N2CCC(N)CC2)n(CC)n1. The van der Waals surface area contributed by atoms with E-state index in [-0.39, 0.29) is 11.9 Å². The minimum atomic E-state index is 0.0935. The summed E-state index contributed by atoms with van der Waals surface area (Å²) in [4.78, 5) is 14.3. The van der Waals surface area contributed by atoms with Crippen LogP contribution in [0.5, 0.6) is 0 Å². The van der Waals surface area contributed by atoms with Crippen molar-refractivity contribution in [2.45, 2.75) is 45.7 Å². The molecule has 18 heavy (non-hydrogen) atoms. The van der Waals surface area contributed by atoms with Crippen molar-refractivity contribution < 1.29 is 4.79 Å². The van der Waals surface area contributed by atoms with Gasteiger partial charge in [-0.1, -0.05) is 6.92 Å². The molecule has 1 saturated heterocycles. The predicted octanol–water partition coefficient (Wildman–Crippen LogP) is 1.03. The molecule has 0 aromatic carbocycles. The molecule has 5 nitrogen and oxygen atoms in total. The number of hydrogen-bond acceptors (Lipinski definition) is 3. The molecule has 0 saturated carbocycles. The molecule has 2 heterocycles. The fourth-order valence-electron chi connectivity index (χ4n) is 2.32. The third kappa shape index (κ3) is 2.56. The molecule has 1 aliphatic heterocycles. The Hall–Kier alpha value is -1.36. The van der Waals surface area contributed by atoms with Gasteiger partial charge >= 0.3 is 0 Å². The highest BCUT2D eigenvalue weighted by Gasteiger charge is 2.24. The molecule has 1 amide bonds. The Kier molecular flexibility index (Phi) is 4.01. The number of carbonyl (C=O) groups is 1. The first-order valence-electron chi connectivity index (χ1n) is 6.77. The van der Waals surface area contributed by atoms with Gasteiger partial charge in [-0.15, -0.1) is 0 Å². The van der Waals surface area contributed by atoms with Crippen molar-refractivity contribution in [3.05, 3.63) is 17.5 Å². The molecule has 5 heteroatoms. The van der Waals surface area contributed by atoms with Gasteiger partial charge in [0.2, 0.25) is 0 Å². The Morgan fingerprint density at radius 1 is 1.44 bits per heavy atom. The highest BCUT2D eigenvalue weighted by molar-refractivity contribution is 5.92. The van der Waals surface area contributed by atoms with Gasteiger partial charge in [0.15, 0.2) is 0 Å². The molecule has 2 rings (SSSR count). The number of carbonyl (C=O) groups excluding carboxylic acids is 1. The van der Waals surface area contributed by atoms with Gasteiger partial charge < -0.3 is 10.6 Å². The van der Waals surface area contributed by atoms with Crippen LogP contribution in [-0.2, 0) is 13.0 Å². The zero-order valence-electron chi connectivity index (χ0n) is 11.2. The number of nitrogens with zero attached hydrogens (tertiary/aromatic N) is 3. The molecule has 1 aromatic heterocycles. The van der Waals surface area contributed by atoms with Crippen LogP contribution in [0.3, 0.4) is 0 Å². The average molecular weight is 250 g/mol. The van der Waals surface area contributed by atoms with E-state index in [4.69, 9.17) is 5.73 Å². The summed E-state index contributed by atoms with van der Waals surface area (Å²) in [6.45, 7) is 6.31. The van der Waals surface area contributed by atoms with Crippen LogP contribution in [0.2, 0.25) is 0 Å². The maximum atomic E-state index is 12.4. The fraction of sp³-hybridized carbons (Fsp3) is 0.692. The van der Waals surface area contributed by atoms with Crippen LogP contribution >= 0.6 is 0 Å². The van der Waals surface area contributed by atoms with E-state index in [0.717, 1.165) is 44.6 Å². The second-order valence-electron chi connectivity index (χ2n) is 4.82. The number of hydrogen-bond donors (Lipinski definition) is 1. The molecular formula is C13H22N4O. The Morgan fingerprint density at radius 3 is 2.67 bits per heavy atom. The molecule has 0 aliphatic carbocycles. The van der Waals surface area contributed by atoms with E-state index in [1.165, 1.54) is 0 Å². The summed E-state index contributed by atoms with van der Waals surface area (Å²) in [7, 11) is 0. The first-order chi connectivity index (χ1) is 8.65. The molecule has 100 valence electrons. The second-order valence-corrected chi connectivity index (χ2v) is 4.82. The average Bonchev–Trinajstić information content (AvgIpc) is 2.82. The summed E-state index contributed by atoms with van der Waals surface area (Å²) in [5, 5.41) is 4.42. The fourth-order valence-corrected chi connectivity index (χ4v) is 2.32. The lowest BCUT2D eigenvalue weighted by Crippen LogP contribution is -2.43. The molecule has 0 unspecified atom stereocenters. The Bertz CT molecular complexity index is 419. The zero-order chi connectivity index (χ0) is 13.1. The topological polar surface area (TPSA) is 64.2 Å². The minimum Gasteiger partial charge on any atom is -0.337 e. The smallest absolute Gasteiger partial charge is 0.272 e.